The Hall–Kier alpha value is -2.09. The maximum Gasteiger partial charge on any atom is 0.282 e. The first-order valence-electron chi connectivity index (χ1n) is 6.39. The van der Waals surface area contributed by atoms with E-state index in [1.54, 1.807) is 0 Å². The van der Waals surface area contributed by atoms with Crippen LogP contribution in [0.5, 0.6) is 0 Å². The van der Waals surface area contributed by atoms with E-state index in [0.29, 0.717) is 10.7 Å². The van der Waals surface area contributed by atoms with Crippen LogP contribution in [-0.2, 0) is 6.54 Å². The van der Waals surface area contributed by atoms with E-state index in [1.807, 2.05) is 6.92 Å². The second kappa shape index (κ2) is 7.07. The van der Waals surface area contributed by atoms with Gasteiger partial charge in [0.2, 0.25) is 10.1 Å². The van der Waals surface area contributed by atoms with Gasteiger partial charge in [0.15, 0.2) is 11.6 Å². The Morgan fingerprint density at radius 3 is 2.81 bits per heavy atom. The maximum atomic E-state index is 13.0. The van der Waals surface area contributed by atoms with Gasteiger partial charge in [-0.3, -0.25) is 4.79 Å². The highest BCUT2D eigenvalue weighted by atomic mass is 32.1. The Morgan fingerprint density at radius 2 is 2.10 bits per heavy atom. The Balaban J connectivity index is 1.91. The zero-order chi connectivity index (χ0) is 15.2. The van der Waals surface area contributed by atoms with Gasteiger partial charge in [-0.15, -0.1) is 10.2 Å². The monoisotopic (exact) mass is 312 g/mol. The molecule has 1 heterocycles. The standard InChI is InChI=1S/C13H14F2N4OS/c1-2-5-16-13-19-18-12(21-13)11(20)17-7-8-3-4-9(14)10(15)6-8/h3-4,6H,2,5,7H2,1H3,(H,16,19)(H,17,20). The number of hydrogen-bond acceptors (Lipinski definition) is 5. The van der Waals surface area contributed by atoms with Gasteiger partial charge in [0.05, 0.1) is 0 Å². The third kappa shape index (κ3) is 4.19. The SMILES string of the molecule is CCCNc1nnc(C(=O)NCc2ccc(F)c(F)c2)s1. The van der Waals surface area contributed by atoms with E-state index >= 15 is 0 Å². The highest BCUT2D eigenvalue weighted by molar-refractivity contribution is 7.17. The summed E-state index contributed by atoms with van der Waals surface area (Å²) in [6.45, 7) is 2.86. The van der Waals surface area contributed by atoms with E-state index in [-0.39, 0.29) is 11.6 Å². The fourth-order valence-corrected chi connectivity index (χ4v) is 2.21. The highest BCUT2D eigenvalue weighted by Gasteiger charge is 2.12. The molecule has 8 heteroatoms. The number of benzene rings is 1. The van der Waals surface area contributed by atoms with Crippen LogP contribution in [-0.4, -0.2) is 22.6 Å². The third-order valence-corrected chi connectivity index (χ3v) is 3.46. The Labute approximate surface area is 124 Å². The molecule has 0 fully saturated rings. The smallest absolute Gasteiger partial charge is 0.282 e. The van der Waals surface area contributed by atoms with Crippen molar-refractivity contribution in [1.82, 2.24) is 15.5 Å². The minimum atomic E-state index is -0.941. The van der Waals surface area contributed by atoms with E-state index in [1.165, 1.54) is 6.07 Å². The van der Waals surface area contributed by atoms with Crippen LogP contribution in [0.4, 0.5) is 13.9 Å². The molecule has 0 radical (unpaired) electrons. The number of carbonyl (C=O) groups is 1. The summed E-state index contributed by atoms with van der Waals surface area (Å²) in [5, 5.41) is 14.0. The van der Waals surface area contributed by atoms with Crippen LogP contribution in [0.15, 0.2) is 18.2 Å². The summed E-state index contributed by atoms with van der Waals surface area (Å²) in [5.74, 6) is -2.26. The first-order valence-corrected chi connectivity index (χ1v) is 7.21. The highest BCUT2D eigenvalue weighted by Crippen LogP contribution is 2.15. The quantitative estimate of drug-likeness (QED) is 0.860. The number of halogens is 2. The van der Waals surface area contributed by atoms with Gasteiger partial charge in [-0.2, -0.15) is 0 Å². The van der Waals surface area contributed by atoms with Crippen molar-refractivity contribution < 1.29 is 13.6 Å². The molecule has 2 rings (SSSR count). The minimum Gasteiger partial charge on any atom is -0.360 e. The van der Waals surface area contributed by atoms with Crippen molar-refractivity contribution in [2.75, 3.05) is 11.9 Å². The van der Waals surface area contributed by atoms with Crippen molar-refractivity contribution >= 4 is 22.4 Å². The van der Waals surface area contributed by atoms with Crippen LogP contribution in [0.2, 0.25) is 0 Å². The van der Waals surface area contributed by atoms with E-state index in [4.69, 9.17) is 0 Å². The summed E-state index contributed by atoms with van der Waals surface area (Å²) in [4.78, 5) is 11.9. The lowest BCUT2D eigenvalue weighted by atomic mass is 10.2. The van der Waals surface area contributed by atoms with Crippen molar-refractivity contribution in [2.45, 2.75) is 19.9 Å². The van der Waals surface area contributed by atoms with Crippen LogP contribution in [0.1, 0.15) is 28.7 Å². The van der Waals surface area contributed by atoms with Crippen molar-refractivity contribution in [3.8, 4) is 0 Å². The fourth-order valence-electron chi connectivity index (χ4n) is 1.53. The van der Waals surface area contributed by atoms with E-state index in [2.05, 4.69) is 20.8 Å². The van der Waals surface area contributed by atoms with Gasteiger partial charge >= 0.3 is 0 Å². The number of carbonyl (C=O) groups excluding carboxylic acids is 1. The summed E-state index contributed by atoms with van der Waals surface area (Å²) in [6, 6.07) is 3.48. The first-order chi connectivity index (χ1) is 10.1. The zero-order valence-electron chi connectivity index (χ0n) is 11.3. The average molecular weight is 312 g/mol. The van der Waals surface area contributed by atoms with Crippen LogP contribution >= 0.6 is 11.3 Å². The van der Waals surface area contributed by atoms with Crippen molar-refractivity contribution in [3.05, 3.63) is 40.4 Å². The molecule has 0 aliphatic carbocycles. The molecule has 1 aromatic carbocycles. The van der Waals surface area contributed by atoms with Gasteiger partial charge in [0.1, 0.15) is 0 Å². The van der Waals surface area contributed by atoms with Crippen LogP contribution in [0.3, 0.4) is 0 Å². The number of nitrogens with one attached hydrogen (secondary N) is 2. The minimum absolute atomic E-state index is 0.0906. The first kappa shape index (κ1) is 15.3. The summed E-state index contributed by atoms with van der Waals surface area (Å²) < 4.78 is 25.8. The number of aromatic nitrogens is 2. The average Bonchev–Trinajstić information content (AvgIpc) is 2.95. The molecule has 21 heavy (non-hydrogen) atoms. The summed E-state index contributed by atoms with van der Waals surface area (Å²) >= 11 is 1.14. The second-order valence-corrected chi connectivity index (χ2v) is 5.25. The lowest BCUT2D eigenvalue weighted by Gasteiger charge is -2.03. The molecule has 1 aromatic heterocycles. The van der Waals surface area contributed by atoms with Crippen molar-refractivity contribution in [3.63, 3.8) is 0 Å². The molecule has 1 amide bonds. The molecule has 0 aliphatic heterocycles. The molecular weight excluding hydrogens is 298 g/mol. The molecule has 0 atom stereocenters. The van der Waals surface area contributed by atoms with Crippen LogP contribution in [0.25, 0.3) is 0 Å². The van der Waals surface area contributed by atoms with Crippen LogP contribution in [0, 0.1) is 11.6 Å². The lowest BCUT2D eigenvalue weighted by Crippen LogP contribution is -2.22. The molecule has 0 saturated carbocycles. The molecule has 2 aromatic rings. The summed E-state index contributed by atoms with van der Waals surface area (Å²) in [7, 11) is 0. The molecule has 0 spiro atoms. The Bertz CT molecular complexity index is 632. The maximum absolute atomic E-state index is 13.0. The predicted octanol–water partition coefficient (Wildman–Crippen LogP) is 2.57. The third-order valence-electron chi connectivity index (χ3n) is 2.58. The van der Waals surface area contributed by atoms with E-state index in [9.17, 15) is 13.6 Å². The molecule has 112 valence electrons. The zero-order valence-corrected chi connectivity index (χ0v) is 12.1. The Kier molecular flexibility index (Phi) is 5.15. The molecular formula is C13H14F2N4OS. The van der Waals surface area contributed by atoms with E-state index < -0.39 is 17.5 Å². The van der Waals surface area contributed by atoms with Gasteiger partial charge in [-0.25, -0.2) is 8.78 Å². The summed E-state index contributed by atoms with van der Waals surface area (Å²) in [6.07, 6.45) is 0.942. The number of nitrogens with zero attached hydrogens (tertiary/aromatic N) is 2. The Morgan fingerprint density at radius 1 is 1.29 bits per heavy atom. The molecule has 0 unspecified atom stereocenters. The van der Waals surface area contributed by atoms with Crippen LogP contribution < -0.4 is 10.6 Å². The van der Waals surface area contributed by atoms with Gasteiger partial charge < -0.3 is 10.6 Å². The van der Waals surface area contributed by atoms with Gasteiger partial charge in [0, 0.05) is 13.1 Å². The molecule has 0 saturated heterocycles. The van der Waals surface area contributed by atoms with Gasteiger partial charge in [-0.1, -0.05) is 24.3 Å². The number of hydrogen-bond donors (Lipinski definition) is 2. The number of anilines is 1. The predicted molar refractivity (Wildman–Crippen MR) is 76.2 cm³/mol. The normalized spacial score (nSPS) is 10.4. The molecule has 0 aliphatic rings. The molecule has 2 N–H and O–H groups in total. The van der Waals surface area contributed by atoms with E-state index in [0.717, 1.165) is 36.4 Å². The van der Waals surface area contributed by atoms with Crippen molar-refractivity contribution in [2.24, 2.45) is 0 Å². The largest absolute Gasteiger partial charge is 0.360 e. The lowest BCUT2D eigenvalue weighted by molar-refractivity contribution is 0.0949. The van der Waals surface area contributed by atoms with Gasteiger partial charge in [0.25, 0.3) is 5.91 Å². The topological polar surface area (TPSA) is 66.9 Å². The fraction of sp³-hybridized carbons (Fsp3) is 0.308. The van der Waals surface area contributed by atoms with Crippen molar-refractivity contribution in [1.29, 1.82) is 0 Å². The number of rotatable bonds is 6. The summed E-state index contributed by atoms with van der Waals surface area (Å²) in [5.41, 5.74) is 0.469. The molecule has 0 bridgehead atoms. The second-order valence-electron chi connectivity index (χ2n) is 4.27. The number of amides is 1. The van der Waals surface area contributed by atoms with Gasteiger partial charge in [-0.05, 0) is 24.1 Å². The molecule has 5 nitrogen and oxygen atoms in total.